The molecule has 2 heterocycles. The molecule has 1 aromatic heterocycles. The Morgan fingerprint density at radius 3 is 2.58 bits per heavy atom. The average molecular weight is 384 g/mol. The number of fused-ring (bicyclic) bond motifs is 1. The van der Waals surface area contributed by atoms with Crippen LogP contribution in [0.25, 0.3) is 11.3 Å². The highest BCUT2D eigenvalue weighted by Crippen LogP contribution is 2.35. The van der Waals surface area contributed by atoms with Crippen LogP contribution in [0.1, 0.15) is 25.7 Å². The van der Waals surface area contributed by atoms with Crippen molar-refractivity contribution in [2.45, 2.75) is 44.3 Å². The molecule has 1 aliphatic carbocycles. The van der Waals surface area contributed by atoms with Crippen LogP contribution in [0, 0.1) is 0 Å². The Hall–Kier alpha value is -2.23. The van der Waals surface area contributed by atoms with Crippen LogP contribution in [0.15, 0.2) is 24.3 Å². The van der Waals surface area contributed by atoms with Crippen molar-refractivity contribution in [1.29, 1.82) is 0 Å². The Morgan fingerprint density at radius 1 is 1.19 bits per heavy atom. The van der Waals surface area contributed by atoms with Gasteiger partial charge in [-0.15, -0.1) is 5.10 Å². The number of anilines is 1. The molecule has 1 aliphatic heterocycles. The van der Waals surface area contributed by atoms with Crippen LogP contribution >= 0.6 is 0 Å². The molecule has 7 nitrogen and oxygen atoms in total. The number of hydrogen-bond donors (Lipinski definition) is 1. The Labute approximate surface area is 149 Å². The smallest absolute Gasteiger partial charge is 0.248 e. The van der Waals surface area contributed by atoms with E-state index in [-0.39, 0.29) is 31.2 Å². The van der Waals surface area contributed by atoms with Crippen LogP contribution in [0.2, 0.25) is 0 Å². The van der Waals surface area contributed by atoms with Gasteiger partial charge in [0, 0.05) is 18.4 Å². The first-order valence-corrected chi connectivity index (χ1v) is 10.1. The van der Waals surface area contributed by atoms with Crippen molar-refractivity contribution >= 4 is 15.8 Å². The molecule has 10 heteroatoms. The molecule has 1 saturated carbocycles. The molecule has 2 aromatic rings. The van der Waals surface area contributed by atoms with Crippen LogP contribution in [0.3, 0.4) is 0 Å². The molecule has 0 unspecified atom stereocenters. The lowest BCUT2D eigenvalue weighted by Gasteiger charge is -2.28. The van der Waals surface area contributed by atoms with Gasteiger partial charge < -0.3 is 4.74 Å². The van der Waals surface area contributed by atoms with E-state index in [1.165, 1.54) is 4.68 Å². The van der Waals surface area contributed by atoms with Gasteiger partial charge in [-0.25, -0.2) is 21.9 Å². The Balaban J connectivity index is 1.48. The molecule has 2 aliphatic rings. The molecule has 0 atom stereocenters. The van der Waals surface area contributed by atoms with Crippen molar-refractivity contribution in [2.75, 3.05) is 10.5 Å². The van der Waals surface area contributed by atoms with E-state index in [1.807, 2.05) is 0 Å². The third kappa shape index (κ3) is 3.50. The number of benzene rings is 1. The molecule has 0 spiro atoms. The SMILES string of the molecule is O=S1(=O)CCn2nnc(-c3ccc(OC4CCC(F)(F)CC4)cc3)c2N1. The summed E-state index contributed by atoms with van der Waals surface area (Å²) in [4.78, 5) is 0. The van der Waals surface area contributed by atoms with Crippen molar-refractivity contribution in [2.24, 2.45) is 0 Å². The second-order valence-corrected chi connectivity index (χ2v) is 8.47. The highest BCUT2D eigenvalue weighted by molar-refractivity contribution is 7.92. The predicted molar refractivity (Wildman–Crippen MR) is 90.7 cm³/mol. The number of nitrogens with zero attached hydrogens (tertiary/aromatic N) is 3. The summed E-state index contributed by atoms with van der Waals surface area (Å²) in [5.41, 5.74) is 1.13. The van der Waals surface area contributed by atoms with E-state index in [9.17, 15) is 17.2 Å². The zero-order valence-electron chi connectivity index (χ0n) is 13.9. The second-order valence-electron chi connectivity index (χ2n) is 6.63. The molecular formula is C16H18F2N4O3S. The normalized spacial score (nSPS) is 21.6. The van der Waals surface area contributed by atoms with Gasteiger partial charge in [0.25, 0.3) is 0 Å². The lowest BCUT2D eigenvalue weighted by molar-refractivity contribution is -0.0582. The first kappa shape index (κ1) is 17.2. The number of halogens is 2. The number of aromatic nitrogens is 3. The number of aryl methyl sites for hydroxylation is 1. The molecule has 1 fully saturated rings. The minimum absolute atomic E-state index is 0.0317. The maximum atomic E-state index is 13.2. The minimum Gasteiger partial charge on any atom is -0.490 e. The summed E-state index contributed by atoms with van der Waals surface area (Å²) >= 11 is 0. The molecule has 1 N–H and O–H groups in total. The third-order valence-electron chi connectivity index (χ3n) is 4.65. The van der Waals surface area contributed by atoms with E-state index in [1.54, 1.807) is 24.3 Å². The standard InChI is InChI=1S/C16H18F2N4O3S/c17-16(18)7-5-13(6-8-16)25-12-3-1-11(2-4-12)14-15-20-26(23,24)10-9-22(15)21-19-14/h1-4,13,20H,5-10H2. The van der Waals surface area contributed by atoms with Gasteiger partial charge in [-0.1, -0.05) is 5.21 Å². The number of ether oxygens (including phenoxy) is 1. The van der Waals surface area contributed by atoms with Crippen LogP contribution in [0.4, 0.5) is 14.6 Å². The monoisotopic (exact) mass is 384 g/mol. The number of nitrogens with one attached hydrogen (secondary N) is 1. The molecule has 140 valence electrons. The van der Waals surface area contributed by atoms with Crippen molar-refractivity contribution < 1.29 is 21.9 Å². The fraction of sp³-hybridized carbons (Fsp3) is 0.500. The Kier molecular flexibility index (Phi) is 4.09. The predicted octanol–water partition coefficient (Wildman–Crippen LogP) is 2.66. The van der Waals surface area contributed by atoms with Gasteiger partial charge in [0.2, 0.25) is 15.9 Å². The van der Waals surface area contributed by atoms with E-state index < -0.39 is 15.9 Å². The van der Waals surface area contributed by atoms with Gasteiger partial charge in [-0.2, -0.15) is 0 Å². The van der Waals surface area contributed by atoms with Gasteiger partial charge in [0.05, 0.1) is 18.4 Å². The lowest BCUT2D eigenvalue weighted by atomic mass is 9.94. The van der Waals surface area contributed by atoms with Gasteiger partial charge in [0.1, 0.15) is 11.4 Å². The van der Waals surface area contributed by atoms with Gasteiger partial charge >= 0.3 is 0 Å². The average Bonchev–Trinajstić information content (AvgIpc) is 2.99. The van der Waals surface area contributed by atoms with Crippen molar-refractivity contribution in [3.05, 3.63) is 24.3 Å². The summed E-state index contributed by atoms with van der Waals surface area (Å²) in [5.74, 6) is -1.68. The molecule has 4 rings (SSSR count). The third-order valence-corrected chi connectivity index (χ3v) is 5.88. The summed E-state index contributed by atoms with van der Waals surface area (Å²) in [5, 5.41) is 8.02. The van der Waals surface area contributed by atoms with E-state index in [0.29, 0.717) is 35.7 Å². The van der Waals surface area contributed by atoms with Gasteiger partial charge in [-0.3, -0.25) is 4.72 Å². The molecule has 0 saturated heterocycles. The van der Waals surface area contributed by atoms with Crippen LogP contribution in [0.5, 0.6) is 5.75 Å². The molecule has 0 bridgehead atoms. The highest BCUT2D eigenvalue weighted by Gasteiger charge is 2.35. The van der Waals surface area contributed by atoms with Crippen LogP contribution < -0.4 is 9.46 Å². The zero-order valence-corrected chi connectivity index (χ0v) is 14.7. The van der Waals surface area contributed by atoms with E-state index >= 15 is 0 Å². The quantitative estimate of drug-likeness (QED) is 0.879. The fourth-order valence-corrected chi connectivity index (χ4v) is 4.20. The van der Waals surface area contributed by atoms with E-state index in [4.69, 9.17) is 4.74 Å². The molecule has 26 heavy (non-hydrogen) atoms. The van der Waals surface area contributed by atoms with Gasteiger partial charge in [0.15, 0.2) is 5.82 Å². The molecular weight excluding hydrogens is 366 g/mol. The van der Waals surface area contributed by atoms with E-state index in [0.717, 1.165) is 0 Å². The molecule has 1 aromatic carbocycles. The topological polar surface area (TPSA) is 86.1 Å². The minimum atomic E-state index is -3.37. The van der Waals surface area contributed by atoms with Crippen LogP contribution in [-0.4, -0.2) is 41.2 Å². The lowest BCUT2D eigenvalue weighted by Crippen LogP contribution is -2.30. The summed E-state index contributed by atoms with van der Waals surface area (Å²) < 4.78 is 59.7. The van der Waals surface area contributed by atoms with E-state index in [2.05, 4.69) is 15.0 Å². The fourth-order valence-electron chi connectivity index (χ4n) is 3.19. The van der Waals surface area contributed by atoms with Crippen molar-refractivity contribution in [3.8, 4) is 17.0 Å². The maximum absolute atomic E-state index is 13.2. The summed E-state index contributed by atoms with van der Waals surface area (Å²) in [7, 11) is -3.37. The first-order chi connectivity index (χ1) is 12.3. The number of hydrogen-bond acceptors (Lipinski definition) is 5. The molecule has 0 amide bonds. The summed E-state index contributed by atoms with van der Waals surface area (Å²) in [6.45, 7) is 0.255. The first-order valence-electron chi connectivity index (χ1n) is 8.40. The molecule has 0 radical (unpaired) electrons. The summed E-state index contributed by atoms with van der Waals surface area (Å²) in [6, 6.07) is 6.96. The Bertz CT molecular complexity index is 902. The van der Waals surface area contributed by atoms with Crippen molar-refractivity contribution in [3.63, 3.8) is 0 Å². The zero-order chi connectivity index (χ0) is 18.4. The second kappa shape index (κ2) is 6.19. The Morgan fingerprint density at radius 2 is 1.88 bits per heavy atom. The highest BCUT2D eigenvalue weighted by atomic mass is 32.2. The summed E-state index contributed by atoms with van der Waals surface area (Å²) in [6.07, 6.45) is 0.142. The van der Waals surface area contributed by atoms with Crippen LogP contribution in [-0.2, 0) is 16.6 Å². The van der Waals surface area contributed by atoms with Gasteiger partial charge in [-0.05, 0) is 37.1 Å². The largest absolute Gasteiger partial charge is 0.490 e. The van der Waals surface area contributed by atoms with Crippen molar-refractivity contribution in [1.82, 2.24) is 15.0 Å². The number of rotatable bonds is 3. The maximum Gasteiger partial charge on any atom is 0.248 e. The number of alkyl halides is 2. The number of sulfonamides is 1.